The first-order chi connectivity index (χ1) is 10.9. The molecule has 3 heterocycles. The van der Waals surface area contributed by atoms with Crippen LogP contribution in [0.5, 0.6) is 0 Å². The summed E-state index contributed by atoms with van der Waals surface area (Å²) in [6.07, 6.45) is 0.175. The number of amides is 1. The quantitative estimate of drug-likeness (QED) is 0.873. The van der Waals surface area contributed by atoms with Crippen molar-refractivity contribution in [3.05, 3.63) is 29.2 Å². The molecule has 0 aliphatic carbocycles. The van der Waals surface area contributed by atoms with Gasteiger partial charge in [0, 0.05) is 18.8 Å². The van der Waals surface area contributed by atoms with Gasteiger partial charge < -0.3 is 14.7 Å². The van der Waals surface area contributed by atoms with Crippen LogP contribution in [0.2, 0.25) is 0 Å². The normalized spacial score (nSPS) is 21.6. The van der Waals surface area contributed by atoms with Gasteiger partial charge in [-0.1, -0.05) is 0 Å². The van der Waals surface area contributed by atoms with E-state index in [1.54, 1.807) is 18.4 Å². The number of carbonyl (C=O) groups is 2. The Morgan fingerprint density at radius 3 is 2.78 bits per heavy atom. The largest absolute Gasteiger partial charge is 0.479 e. The molecule has 2 atom stereocenters. The lowest BCUT2D eigenvalue weighted by Crippen LogP contribution is -2.52. The molecule has 8 heteroatoms. The summed E-state index contributed by atoms with van der Waals surface area (Å²) in [6.45, 7) is 5.77. The standard InChI is InChI=1S/C15H18N4O4/c1-8-4-13-16-5-11(10(3)19(13)17-8)14(20)18-6-9(2)23-12(7-18)15(21)22/h4-5,9,12H,6-7H2,1-3H3,(H,21,22)/t9-,12?/m1/s1. The lowest BCUT2D eigenvalue weighted by Gasteiger charge is -2.35. The highest BCUT2D eigenvalue weighted by Gasteiger charge is 2.33. The van der Waals surface area contributed by atoms with Crippen LogP contribution in [0.4, 0.5) is 0 Å². The van der Waals surface area contributed by atoms with E-state index in [4.69, 9.17) is 9.84 Å². The monoisotopic (exact) mass is 318 g/mol. The molecule has 1 unspecified atom stereocenters. The second-order valence-corrected chi connectivity index (χ2v) is 5.80. The number of hydrogen-bond donors (Lipinski definition) is 1. The van der Waals surface area contributed by atoms with Crippen molar-refractivity contribution >= 4 is 17.5 Å². The molecule has 1 N–H and O–H groups in total. The van der Waals surface area contributed by atoms with Crippen LogP contribution >= 0.6 is 0 Å². The maximum absolute atomic E-state index is 12.8. The lowest BCUT2D eigenvalue weighted by molar-refractivity contribution is -0.160. The lowest BCUT2D eigenvalue weighted by atomic mass is 10.1. The van der Waals surface area contributed by atoms with Crippen molar-refractivity contribution in [2.75, 3.05) is 13.1 Å². The smallest absolute Gasteiger partial charge is 0.334 e. The van der Waals surface area contributed by atoms with Crippen molar-refractivity contribution in [3.63, 3.8) is 0 Å². The summed E-state index contributed by atoms with van der Waals surface area (Å²) >= 11 is 0. The molecule has 1 amide bonds. The molecule has 1 fully saturated rings. The summed E-state index contributed by atoms with van der Waals surface area (Å²) in [5.74, 6) is -1.33. The molecule has 0 radical (unpaired) electrons. The summed E-state index contributed by atoms with van der Waals surface area (Å²) in [6, 6.07) is 1.83. The summed E-state index contributed by atoms with van der Waals surface area (Å²) in [7, 11) is 0. The minimum Gasteiger partial charge on any atom is -0.479 e. The van der Waals surface area contributed by atoms with Crippen molar-refractivity contribution in [1.29, 1.82) is 0 Å². The fourth-order valence-electron chi connectivity index (χ4n) is 2.80. The van der Waals surface area contributed by atoms with E-state index < -0.39 is 12.1 Å². The van der Waals surface area contributed by atoms with Crippen molar-refractivity contribution in [2.24, 2.45) is 0 Å². The molecule has 2 aromatic rings. The first kappa shape index (κ1) is 15.4. The molecule has 1 aliphatic heterocycles. The van der Waals surface area contributed by atoms with E-state index in [-0.39, 0.29) is 18.6 Å². The van der Waals surface area contributed by atoms with E-state index in [1.807, 2.05) is 13.0 Å². The third kappa shape index (κ3) is 2.77. The molecule has 122 valence electrons. The molecule has 0 saturated carbocycles. The van der Waals surface area contributed by atoms with Crippen LogP contribution in [0.3, 0.4) is 0 Å². The first-order valence-electron chi connectivity index (χ1n) is 7.36. The van der Waals surface area contributed by atoms with Gasteiger partial charge >= 0.3 is 5.97 Å². The Morgan fingerprint density at radius 1 is 1.35 bits per heavy atom. The number of carbonyl (C=O) groups excluding carboxylic acids is 1. The van der Waals surface area contributed by atoms with Gasteiger partial charge in [0.1, 0.15) is 0 Å². The highest BCUT2D eigenvalue weighted by Crippen LogP contribution is 2.17. The molecule has 1 aliphatic rings. The molecule has 1 saturated heterocycles. The van der Waals surface area contributed by atoms with Crippen LogP contribution in [0.25, 0.3) is 5.65 Å². The molecule has 8 nitrogen and oxygen atoms in total. The van der Waals surface area contributed by atoms with Crippen LogP contribution in [-0.4, -0.2) is 61.8 Å². The van der Waals surface area contributed by atoms with E-state index in [1.165, 1.54) is 11.1 Å². The molecule has 0 spiro atoms. The minimum absolute atomic E-state index is 0.0219. The van der Waals surface area contributed by atoms with E-state index in [0.29, 0.717) is 23.4 Å². The number of aryl methyl sites for hydroxylation is 2. The Bertz CT molecular complexity index is 785. The Labute approximate surface area is 132 Å². The van der Waals surface area contributed by atoms with Gasteiger partial charge in [-0.3, -0.25) is 4.79 Å². The minimum atomic E-state index is -1.07. The van der Waals surface area contributed by atoms with Gasteiger partial charge in [0.15, 0.2) is 11.8 Å². The predicted octanol–water partition coefficient (Wildman–Crippen LogP) is 0.660. The number of nitrogens with zero attached hydrogens (tertiary/aromatic N) is 4. The average molecular weight is 318 g/mol. The topological polar surface area (TPSA) is 97.0 Å². The maximum Gasteiger partial charge on any atom is 0.334 e. The Hall–Kier alpha value is -2.48. The Balaban J connectivity index is 1.93. The zero-order valence-electron chi connectivity index (χ0n) is 13.2. The van der Waals surface area contributed by atoms with Crippen LogP contribution in [0, 0.1) is 13.8 Å². The van der Waals surface area contributed by atoms with E-state index in [9.17, 15) is 9.59 Å². The first-order valence-corrected chi connectivity index (χ1v) is 7.36. The third-order valence-corrected chi connectivity index (χ3v) is 3.90. The van der Waals surface area contributed by atoms with Crippen LogP contribution in [0.1, 0.15) is 28.7 Å². The van der Waals surface area contributed by atoms with E-state index in [2.05, 4.69) is 10.1 Å². The van der Waals surface area contributed by atoms with Gasteiger partial charge in [-0.05, 0) is 20.8 Å². The van der Waals surface area contributed by atoms with Gasteiger partial charge in [-0.25, -0.2) is 14.3 Å². The number of carboxylic acid groups (broad SMARTS) is 1. The summed E-state index contributed by atoms with van der Waals surface area (Å²) in [4.78, 5) is 29.7. The van der Waals surface area contributed by atoms with Crippen molar-refractivity contribution in [2.45, 2.75) is 33.0 Å². The summed E-state index contributed by atoms with van der Waals surface area (Å²) in [5, 5.41) is 13.5. The van der Waals surface area contributed by atoms with Gasteiger partial charge in [0.05, 0.1) is 29.6 Å². The second-order valence-electron chi connectivity index (χ2n) is 5.80. The number of ether oxygens (including phenoxy) is 1. The summed E-state index contributed by atoms with van der Waals surface area (Å²) in [5.41, 5.74) is 2.59. The second kappa shape index (κ2) is 5.62. The van der Waals surface area contributed by atoms with E-state index in [0.717, 1.165) is 5.69 Å². The molecule has 0 aromatic carbocycles. The highest BCUT2D eigenvalue weighted by atomic mass is 16.5. The number of fused-ring (bicyclic) bond motifs is 1. The van der Waals surface area contributed by atoms with Crippen molar-refractivity contribution in [1.82, 2.24) is 19.5 Å². The molecular weight excluding hydrogens is 300 g/mol. The fourth-order valence-corrected chi connectivity index (χ4v) is 2.80. The Kier molecular flexibility index (Phi) is 3.77. The van der Waals surface area contributed by atoms with Crippen molar-refractivity contribution < 1.29 is 19.4 Å². The number of hydrogen-bond acceptors (Lipinski definition) is 5. The molecule has 3 rings (SSSR count). The molecule has 2 aromatic heterocycles. The Morgan fingerprint density at radius 2 is 2.09 bits per heavy atom. The molecular formula is C15H18N4O4. The zero-order chi connectivity index (χ0) is 16.7. The number of carboxylic acids is 1. The number of morpholine rings is 1. The van der Waals surface area contributed by atoms with Gasteiger partial charge in [0.2, 0.25) is 0 Å². The number of aromatic nitrogens is 3. The predicted molar refractivity (Wildman–Crippen MR) is 80.3 cm³/mol. The fraction of sp³-hybridized carbons (Fsp3) is 0.467. The van der Waals surface area contributed by atoms with Crippen LogP contribution < -0.4 is 0 Å². The van der Waals surface area contributed by atoms with Gasteiger partial charge in [-0.2, -0.15) is 5.10 Å². The molecule has 23 heavy (non-hydrogen) atoms. The third-order valence-electron chi connectivity index (χ3n) is 3.90. The maximum atomic E-state index is 12.8. The number of aliphatic carboxylic acids is 1. The number of rotatable bonds is 2. The van der Waals surface area contributed by atoms with Gasteiger partial charge in [0.25, 0.3) is 5.91 Å². The van der Waals surface area contributed by atoms with Gasteiger partial charge in [-0.15, -0.1) is 0 Å². The molecule has 0 bridgehead atoms. The highest BCUT2D eigenvalue weighted by molar-refractivity contribution is 5.95. The zero-order valence-corrected chi connectivity index (χ0v) is 13.2. The van der Waals surface area contributed by atoms with E-state index >= 15 is 0 Å². The summed E-state index contributed by atoms with van der Waals surface area (Å²) < 4.78 is 6.97. The van der Waals surface area contributed by atoms with Crippen LogP contribution in [-0.2, 0) is 9.53 Å². The van der Waals surface area contributed by atoms with Crippen molar-refractivity contribution in [3.8, 4) is 0 Å². The SMILES string of the molecule is Cc1cc2ncc(C(=O)N3CC(C(=O)O)O[C@H](C)C3)c(C)n2n1. The average Bonchev–Trinajstić information content (AvgIpc) is 2.88. The van der Waals surface area contributed by atoms with Crippen LogP contribution in [0.15, 0.2) is 12.3 Å².